The van der Waals surface area contributed by atoms with Crippen molar-refractivity contribution in [3.8, 4) is 35.2 Å². The van der Waals surface area contributed by atoms with Crippen molar-refractivity contribution in [2.75, 3.05) is 6.61 Å². The standard InChI is InChI=1S/C32H15F9O2/c1-2-11-42-23-16-26(35)30(27(36)17-23)32(40,41)43-22-10-9-21(25(34)15-22)7-4-18-3-6-20(24(33)12-18)8-5-19-13-28(37)31(39)29(38)14-19/h2-3,6,9-10,12-17H,1,11H2. The normalized spacial score (nSPS) is 10.7. The van der Waals surface area contributed by atoms with Crippen LogP contribution in [0, 0.1) is 64.4 Å². The Hall–Kier alpha value is -5.29. The number of ether oxygens (including phenoxy) is 2. The van der Waals surface area contributed by atoms with Crippen LogP contribution in [-0.4, -0.2) is 6.61 Å². The van der Waals surface area contributed by atoms with Crippen molar-refractivity contribution in [3.05, 3.63) is 142 Å². The smallest absolute Gasteiger partial charge is 0.432 e. The summed E-state index contributed by atoms with van der Waals surface area (Å²) in [6.45, 7) is 3.23. The Morgan fingerprint density at radius 2 is 1.12 bits per heavy atom. The van der Waals surface area contributed by atoms with Crippen molar-refractivity contribution in [3.63, 3.8) is 0 Å². The lowest BCUT2D eigenvalue weighted by Gasteiger charge is -2.20. The van der Waals surface area contributed by atoms with E-state index in [0.29, 0.717) is 30.3 Å². The molecule has 0 N–H and O–H groups in total. The average Bonchev–Trinajstić information content (AvgIpc) is 2.93. The molecule has 0 radical (unpaired) electrons. The van der Waals surface area contributed by atoms with Gasteiger partial charge in [-0.25, -0.2) is 30.7 Å². The zero-order valence-electron chi connectivity index (χ0n) is 21.5. The predicted molar refractivity (Wildman–Crippen MR) is 138 cm³/mol. The number of hydrogen-bond donors (Lipinski definition) is 0. The number of benzene rings is 4. The van der Waals surface area contributed by atoms with Gasteiger partial charge in [-0.3, -0.25) is 0 Å². The van der Waals surface area contributed by atoms with Crippen LogP contribution in [0.4, 0.5) is 39.5 Å². The van der Waals surface area contributed by atoms with Crippen molar-refractivity contribution < 1.29 is 49.0 Å². The Kier molecular flexibility index (Phi) is 9.06. The van der Waals surface area contributed by atoms with E-state index in [2.05, 4.69) is 35.0 Å². The van der Waals surface area contributed by atoms with Gasteiger partial charge in [0.2, 0.25) is 0 Å². The Bertz CT molecular complexity index is 1800. The highest BCUT2D eigenvalue weighted by molar-refractivity contribution is 5.49. The van der Waals surface area contributed by atoms with E-state index in [-0.39, 0.29) is 34.6 Å². The van der Waals surface area contributed by atoms with Crippen LogP contribution in [0.3, 0.4) is 0 Å². The maximum Gasteiger partial charge on any atom is 0.432 e. The number of hydrogen-bond acceptors (Lipinski definition) is 2. The molecule has 218 valence electrons. The quantitative estimate of drug-likeness (QED) is 0.0960. The van der Waals surface area contributed by atoms with Crippen molar-refractivity contribution in [1.82, 2.24) is 0 Å². The van der Waals surface area contributed by atoms with E-state index < -0.39 is 58.1 Å². The minimum Gasteiger partial charge on any atom is -0.489 e. The van der Waals surface area contributed by atoms with E-state index in [0.717, 1.165) is 18.2 Å². The van der Waals surface area contributed by atoms with Crippen molar-refractivity contribution >= 4 is 0 Å². The molecule has 0 saturated carbocycles. The average molecular weight is 602 g/mol. The first-order valence-corrected chi connectivity index (χ1v) is 12.0. The highest BCUT2D eigenvalue weighted by atomic mass is 19.3. The zero-order chi connectivity index (χ0) is 31.3. The maximum absolute atomic E-state index is 14.6. The summed E-state index contributed by atoms with van der Waals surface area (Å²) in [6, 6.07) is 8.16. The summed E-state index contributed by atoms with van der Waals surface area (Å²) in [4.78, 5) is 0. The van der Waals surface area contributed by atoms with Crippen LogP contribution >= 0.6 is 0 Å². The topological polar surface area (TPSA) is 18.5 Å². The lowest BCUT2D eigenvalue weighted by molar-refractivity contribution is -0.189. The fourth-order valence-corrected chi connectivity index (χ4v) is 3.53. The third-order valence-electron chi connectivity index (χ3n) is 5.50. The summed E-state index contributed by atoms with van der Waals surface area (Å²) in [5.74, 6) is -1.53. The Morgan fingerprint density at radius 3 is 1.67 bits per heavy atom. The van der Waals surface area contributed by atoms with Gasteiger partial charge < -0.3 is 9.47 Å². The lowest BCUT2D eigenvalue weighted by Crippen LogP contribution is -2.25. The highest BCUT2D eigenvalue weighted by Gasteiger charge is 2.41. The summed E-state index contributed by atoms with van der Waals surface area (Å²) in [6.07, 6.45) is -3.26. The second kappa shape index (κ2) is 12.7. The summed E-state index contributed by atoms with van der Waals surface area (Å²) >= 11 is 0. The van der Waals surface area contributed by atoms with Crippen LogP contribution in [0.1, 0.15) is 27.8 Å². The maximum atomic E-state index is 14.6. The first-order valence-electron chi connectivity index (χ1n) is 12.0. The third-order valence-corrected chi connectivity index (χ3v) is 5.50. The van der Waals surface area contributed by atoms with Gasteiger partial charge in [-0.05, 0) is 42.5 Å². The molecule has 0 aliphatic heterocycles. The van der Waals surface area contributed by atoms with Gasteiger partial charge in [0.15, 0.2) is 17.5 Å². The second-order valence-electron chi connectivity index (χ2n) is 8.57. The van der Waals surface area contributed by atoms with Crippen molar-refractivity contribution in [1.29, 1.82) is 0 Å². The summed E-state index contributed by atoms with van der Waals surface area (Å²) in [5, 5.41) is 0. The molecule has 4 rings (SSSR count). The molecule has 0 fully saturated rings. The molecule has 4 aromatic rings. The van der Waals surface area contributed by atoms with E-state index in [1.807, 2.05) is 0 Å². The first kappa shape index (κ1) is 30.7. The first-order chi connectivity index (χ1) is 20.4. The molecular formula is C32H15F9O2. The summed E-state index contributed by atoms with van der Waals surface area (Å²) < 4.78 is 136. The molecule has 0 spiro atoms. The predicted octanol–water partition coefficient (Wildman–Crippen LogP) is 8.15. The second-order valence-corrected chi connectivity index (χ2v) is 8.57. The van der Waals surface area contributed by atoms with Crippen LogP contribution in [0.15, 0.2) is 73.3 Å². The summed E-state index contributed by atoms with van der Waals surface area (Å²) in [7, 11) is 0. The monoisotopic (exact) mass is 602 g/mol. The van der Waals surface area contributed by atoms with Gasteiger partial charge in [-0.1, -0.05) is 36.3 Å². The van der Waals surface area contributed by atoms with Crippen LogP contribution in [0.5, 0.6) is 11.5 Å². The van der Waals surface area contributed by atoms with E-state index in [1.54, 1.807) is 0 Å². The molecule has 0 aliphatic carbocycles. The molecule has 0 unspecified atom stereocenters. The number of rotatable bonds is 6. The summed E-state index contributed by atoms with van der Waals surface area (Å²) in [5.41, 5.74) is -2.38. The molecule has 0 heterocycles. The van der Waals surface area contributed by atoms with Crippen LogP contribution in [-0.2, 0) is 6.11 Å². The molecule has 0 bridgehead atoms. The molecule has 4 aromatic carbocycles. The largest absolute Gasteiger partial charge is 0.489 e. The fraction of sp³-hybridized carbons (Fsp3) is 0.0625. The van der Waals surface area contributed by atoms with Gasteiger partial charge in [0, 0.05) is 29.3 Å². The van der Waals surface area contributed by atoms with Gasteiger partial charge in [0.1, 0.15) is 46.9 Å². The molecule has 11 heteroatoms. The fourth-order valence-electron chi connectivity index (χ4n) is 3.53. The molecular weight excluding hydrogens is 587 g/mol. The van der Waals surface area contributed by atoms with Crippen LogP contribution < -0.4 is 9.47 Å². The molecule has 43 heavy (non-hydrogen) atoms. The van der Waals surface area contributed by atoms with Gasteiger partial charge in [-0.2, -0.15) is 8.78 Å². The third kappa shape index (κ3) is 7.32. The van der Waals surface area contributed by atoms with Crippen molar-refractivity contribution in [2.24, 2.45) is 0 Å². The van der Waals surface area contributed by atoms with Crippen LogP contribution in [0.2, 0.25) is 0 Å². The molecule has 0 saturated heterocycles. The molecule has 0 amide bonds. The Balaban J connectivity index is 1.50. The highest BCUT2D eigenvalue weighted by Crippen LogP contribution is 2.37. The molecule has 0 aliphatic rings. The zero-order valence-corrected chi connectivity index (χ0v) is 21.5. The lowest BCUT2D eigenvalue weighted by atomic mass is 10.1. The van der Waals surface area contributed by atoms with E-state index in [1.165, 1.54) is 18.2 Å². The SMILES string of the molecule is C=CCOc1cc(F)c(C(F)(F)Oc2ccc(C#Cc3ccc(C#Cc4cc(F)c(F)c(F)c4)c(F)c3)c(F)c2)c(F)c1. The van der Waals surface area contributed by atoms with E-state index >= 15 is 0 Å². The van der Waals surface area contributed by atoms with Crippen molar-refractivity contribution in [2.45, 2.75) is 6.11 Å². The Morgan fingerprint density at radius 1 is 0.605 bits per heavy atom. The minimum absolute atomic E-state index is 0.0552. The van der Waals surface area contributed by atoms with Gasteiger partial charge >= 0.3 is 6.11 Å². The number of alkyl halides is 2. The van der Waals surface area contributed by atoms with Crippen LogP contribution in [0.25, 0.3) is 0 Å². The molecule has 2 nitrogen and oxygen atoms in total. The van der Waals surface area contributed by atoms with Gasteiger partial charge in [0.25, 0.3) is 0 Å². The number of halogens is 9. The van der Waals surface area contributed by atoms with Gasteiger partial charge in [-0.15, -0.1) is 0 Å². The molecule has 0 aromatic heterocycles. The van der Waals surface area contributed by atoms with E-state index in [9.17, 15) is 39.5 Å². The minimum atomic E-state index is -4.54. The van der Waals surface area contributed by atoms with E-state index in [4.69, 9.17) is 4.74 Å². The Labute approximate surface area is 239 Å². The molecule has 0 atom stereocenters. The van der Waals surface area contributed by atoms with Gasteiger partial charge in [0.05, 0.1) is 11.1 Å².